The Balaban J connectivity index is 1.88. The molecule has 0 unspecified atom stereocenters. The number of rotatable bonds is 5. The molecule has 33 heavy (non-hydrogen) atoms. The number of amides is 2. The van der Waals surface area contributed by atoms with Crippen molar-refractivity contribution in [3.8, 4) is 11.5 Å². The minimum absolute atomic E-state index is 0.0229. The molecule has 0 aromatic heterocycles. The molecule has 0 atom stereocenters. The van der Waals surface area contributed by atoms with Crippen LogP contribution in [0.3, 0.4) is 0 Å². The Bertz CT molecular complexity index is 1350. The maximum Gasteiger partial charge on any atom is 0.269 e. The summed E-state index contributed by atoms with van der Waals surface area (Å²) < 4.78 is 0. The Morgan fingerprint density at radius 3 is 1.94 bits per heavy atom. The molecule has 7 heteroatoms. The van der Waals surface area contributed by atoms with Crippen LogP contribution in [0.4, 0.5) is 17.1 Å². The molecule has 4 aromatic rings. The lowest BCUT2D eigenvalue weighted by Gasteiger charge is -2.25. The summed E-state index contributed by atoms with van der Waals surface area (Å²) in [4.78, 5) is 26.3. The van der Waals surface area contributed by atoms with E-state index in [1.807, 2.05) is 18.2 Å². The first-order valence-electron chi connectivity index (χ1n) is 10.3. The second-order valence-electron chi connectivity index (χ2n) is 7.39. The number of benzene rings is 4. The van der Waals surface area contributed by atoms with Crippen molar-refractivity contribution in [3.63, 3.8) is 0 Å². The van der Waals surface area contributed by atoms with Crippen LogP contribution in [-0.2, 0) is 16.0 Å². The van der Waals surface area contributed by atoms with Crippen molar-refractivity contribution in [1.29, 1.82) is 0 Å². The van der Waals surface area contributed by atoms with E-state index in [-0.39, 0.29) is 29.3 Å². The summed E-state index contributed by atoms with van der Waals surface area (Å²) >= 11 is 0. The predicted molar refractivity (Wildman–Crippen MR) is 126 cm³/mol. The number of carbonyl (C=O) groups is 2. The van der Waals surface area contributed by atoms with E-state index in [1.165, 1.54) is 11.8 Å². The van der Waals surface area contributed by atoms with Gasteiger partial charge in [0.2, 0.25) is 5.91 Å². The second-order valence-corrected chi connectivity index (χ2v) is 7.39. The minimum Gasteiger partial charge on any atom is -0.505 e. The highest BCUT2D eigenvalue weighted by Gasteiger charge is 2.27. The standard InChI is InChI=1S/C26H21N3O4/c1-17(30)29(19-12-6-3-7-13-19)24-23(25(32)20-14-8-9-15-21(20)26(24)33)28-27-22(31)16-18-10-4-2-5-11-18/h2-15,32-33H,16H2,1H3. The van der Waals surface area contributed by atoms with Gasteiger partial charge in [0, 0.05) is 23.4 Å². The maximum absolute atomic E-state index is 12.7. The number of carbonyl (C=O) groups excluding carboxylic acids is 2. The number of hydrogen-bond donors (Lipinski definition) is 2. The summed E-state index contributed by atoms with van der Waals surface area (Å²) in [6.07, 6.45) is 0.0229. The highest BCUT2D eigenvalue weighted by atomic mass is 16.3. The van der Waals surface area contributed by atoms with Gasteiger partial charge < -0.3 is 10.2 Å². The zero-order chi connectivity index (χ0) is 23.4. The monoisotopic (exact) mass is 439 g/mol. The lowest BCUT2D eigenvalue weighted by Crippen LogP contribution is -2.23. The van der Waals surface area contributed by atoms with E-state index < -0.39 is 11.8 Å². The van der Waals surface area contributed by atoms with Crippen molar-refractivity contribution in [1.82, 2.24) is 0 Å². The summed E-state index contributed by atoms with van der Waals surface area (Å²) in [5.41, 5.74) is 0.997. The van der Waals surface area contributed by atoms with Crippen LogP contribution in [-0.4, -0.2) is 22.0 Å². The fourth-order valence-electron chi connectivity index (χ4n) is 3.64. The summed E-state index contributed by atoms with van der Waals surface area (Å²) in [6.45, 7) is 1.33. The molecule has 164 valence electrons. The number of fused-ring (bicyclic) bond motifs is 1. The molecular formula is C26H21N3O4. The second kappa shape index (κ2) is 9.32. The smallest absolute Gasteiger partial charge is 0.269 e. The fraction of sp³-hybridized carbons (Fsp3) is 0.0769. The zero-order valence-corrected chi connectivity index (χ0v) is 17.8. The topological polar surface area (TPSA) is 103 Å². The van der Waals surface area contributed by atoms with Gasteiger partial charge in [-0.2, -0.15) is 0 Å². The Hall–Kier alpha value is -4.52. The molecule has 0 bridgehead atoms. The molecule has 0 fully saturated rings. The molecule has 2 amide bonds. The summed E-state index contributed by atoms with van der Waals surface area (Å²) in [5.74, 6) is -1.50. The van der Waals surface area contributed by atoms with Gasteiger partial charge in [-0.15, -0.1) is 10.2 Å². The van der Waals surface area contributed by atoms with Crippen LogP contribution >= 0.6 is 0 Å². The molecule has 0 aliphatic carbocycles. The van der Waals surface area contributed by atoms with E-state index >= 15 is 0 Å². The zero-order valence-electron chi connectivity index (χ0n) is 17.8. The number of nitrogens with zero attached hydrogens (tertiary/aromatic N) is 3. The molecular weight excluding hydrogens is 418 g/mol. The Morgan fingerprint density at radius 1 is 0.788 bits per heavy atom. The van der Waals surface area contributed by atoms with Crippen LogP contribution < -0.4 is 4.90 Å². The van der Waals surface area contributed by atoms with Gasteiger partial charge in [-0.05, 0) is 17.7 Å². The molecule has 0 saturated carbocycles. The summed E-state index contributed by atoms with van der Waals surface area (Å²) in [7, 11) is 0. The van der Waals surface area contributed by atoms with Gasteiger partial charge >= 0.3 is 0 Å². The van der Waals surface area contributed by atoms with E-state index in [0.717, 1.165) is 5.56 Å². The molecule has 0 radical (unpaired) electrons. The van der Waals surface area contributed by atoms with Gasteiger partial charge in [0.05, 0.1) is 6.42 Å². The lowest BCUT2D eigenvalue weighted by molar-refractivity contribution is -0.117. The highest BCUT2D eigenvalue weighted by Crippen LogP contribution is 2.52. The molecule has 0 spiro atoms. The molecule has 2 N–H and O–H groups in total. The van der Waals surface area contributed by atoms with Gasteiger partial charge in [-0.25, -0.2) is 0 Å². The van der Waals surface area contributed by atoms with Crippen molar-refractivity contribution in [2.45, 2.75) is 13.3 Å². The first-order valence-corrected chi connectivity index (χ1v) is 10.3. The average Bonchev–Trinajstić information content (AvgIpc) is 2.83. The van der Waals surface area contributed by atoms with E-state index in [2.05, 4.69) is 10.2 Å². The molecule has 0 aliphatic heterocycles. The molecule has 4 rings (SSSR count). The quantitative estimate of drug-likeness (QED) is 0.303. The van der Waals surface area contributed by atoms with Crippen molar-refractivity contribution < 1.29 is 19.8 Å². The van der Waals surface area contributed by atoms with Gasteiger partial charge in [0.25, 0.3) is 5.91 Å². The average molecular weight is 439 g/mol. The summed E-state index contributed by atoms with van der Waals surface area (Å²) in [5, 5.41) is 30.6. The van der Waals surface area contributed by atoms with Crippen LogP contribution in [0.15, 0.2) is 95.2 Å². The van der Waals surface area contributed by atoms with Crippen molar-refractivity contribution >= 4 is 39.6 Å². The number of para-hydroxylation sites is 1. The number of azo groups is 1. The molecule has 0 aliphatic rings. The highest BCUT2D eigenvalue weighted by molar-refractivity contribution is 6.11. The van der Waals surface area contributed by atoms with Crippen LogP contribution in [0.5, 0.6) is 11.5 Å². The third-order valence-corrected chi connectivity index (χ3v) is 5.12. The number of phenols is 2. The lowest BCUT2D eigenvalue weighted by atomic mass is 10.0. The van der Waals surface area contributed by atoms with Crippen LogP contribution in [0, 0.1) is 0 Å². The maximum atomic E-state index is 12.7. The number of phenolic OH excluding ortho intramolecular Hbond substituents is 2. The van der Waals surface area contributed by atoms with E-state index in [0.29, 0.717) is 16.5 Å². The molecule has 7 nitrogen and oxygen atoms in total. The van der Waals surface area contributed by atoms with Crippen LogP contribution in [0.25, 0.3) is 10.8 Å². The van der Waals surface area contributed by atoms with Crippen molar-refractivity contribution in [2.24, 2.45) is 10.2 Å². The first kappa shape index (κ1) is 21.7. The normalized spacial score (nSPS) is 11.1. The number of aromatic hydroxyl groups is 2. The van der Waals surface area contributed by atoms with Gasteiger partial charge in [-0.3, -0.25) is 14.5 Å². The molecule has 0 heterocycles. The van der Waals surface area contributed by atoms with Gasteiger partial charge in [0.1, 0.15) is 11.4 Å². The SMILES string of the molecule is CC(=O)N(c1ccccc1)c1c(N=NC(=O)Cc2ccccc2)c(O)c2ccccc2c1O. The Labute approximate surface area is 190 Å². The van der Waals surface area contributed by atoms with Gasteiger partial charge in [0.15, 0.2) is 11.4 Å². The first-order chi connectivity index (χ1) is 16.0. The predicted octanol–water partition coefficient (Wildman–Crippen LogP) is 5.79. The molecule has 4 aromatic carbocycles. The van der Waals surface area contributed by atoms with E-state index in [9.17, 15) is 19.8 Å². The van der Waals surface area contributed by atoms with Crippen molar-refractivity contribution in [3.05, 3.63) is 90.5 Å². The Kier molecular flexibility index (Phi) is 6.13. The number of anilines is 2. The van der Waals surface area contributed by atoms with E-state index in [4.69, 9.17) is 0 Å². The van der Waals surface area contributed by atoms with E-state index in [1.54, 1.807) is 66.7 Å². The van der Waals surface area contributed by atoms with Gasteiger partial charge in [-0.1, -0.05) is 72.8 Å². The third-order valence-electron chi connectivity index (χ3n) is 5.12. The Morgan fingerprint density at radius 2 is 1.33 bits per heavy atom. The third kappa shape index (κ3) is 4.43. The fourth-order valence-corrected chi connectivity index (χ4v) is 3.64. The minimum atomic E-state index is -0.534. The van der Waals surface area contributed by atoms with Crippen LogP contribution in [0.2, 0.25) is 0 Å². The molecule has 0 saturated heterocycles. The number of hydrogen-bond acceptors (Lipinski definition) is 5. The summed E-state index contributed by atoms with van der Waals surface area (Å²) in [6, 6.07) is 24.4. The van der Waals surface area contributed by atoms with Crippen molar-refractivity contribution in [2.75, 3.05) is 4.90 Å². The van der Waals surface area contributed by atoms with Crippen LogP contribution in [0.1, 0.15) is 12.5 Å². The largest absolute Gasteiger partial charge is 0.505 e.